The van der Waals surface area contributed by atoms with Gasteiger partial charge in [0.05, 0.1) is 10.2 Å². The molecule has 134 valence electrons. The van der Waals surface area contributed by atoms with E-state index < -0.39 is 0 Å². The fraction of sp³-hybridized carbons (Fsp3) is 0.333. The summed E-state index contributed by atoms with van der Waals surface area (Å²) in [4.78, 5) is 19.3. The number of fused-ring (bicyclic) bond motifs is 1. The molecule has 0 unspecified atom stereocenters. The largest absolute Gasteiger partial charge is 0.338 e. The number of rotatable bonds is 4. The zero-order valence-electron chi connectivity index (χ0n) is 14.9. The van der Waals surface area contributed by atoms with Crippen molar-refractivity contribution in [3.8, 4) is 0 Å². The Morgan fingerprint density at radius 1 is 1.23 bits per heavy atom. The molecule has 0 aliphatic carbocycles. The van der Waals surface area contributed by atoms with Crippen molar-refractivity contribution >= 4 is 39.2 Å². The van der Waals surface area contributed by atoms with Gasteiger partial charge in [0.15, 0.2) is 4.34 Å². The molecule has 0 radical (unpaired) electrons. The van der Waals surface area contributed by atoms with Gasteiger partial charge in [0, 0.05) is 24.4 Å². The highest BCUT2D eigenvalue weighted by Gasteiger charge is 2.21. The summed E-state index contributed by atoms with van der Waals surface area (Å²) in [5.74, 6) is 1.65. The second kappa shape index (κ2) is 7.80. The fourth-order valence-corrected chi connectivity index (χ4v) is 5.38. The number of para-hydroxylation sites is 1. The summed E-state index contributed by atoms with van der Waals surface area (Å²) in [5.41, 5.74) is 3.09. The molecule has 0 N–H and O–H groups in total. The second-order valence-electron chi connectivity index (χ2n) is 6.93. The Morgan fingerprint density at radius 3 is 2.81 bits per heavy atom. The molecule has 5 heteroatoms. The van der Waals surface area contributed by atoms with Crippen LogP contribution in [0.5, 0.6) is 0 Å². The predicted molar refractivity (Wildman–Crippen MR) is 110 cm³/mol. The summed E-state index contributed by atoms with van der Waals surface area (Å²) >= 11 is 3.49. The highest BCUT2D eigenvalue weighted by atomic mass is 32.2. The van der Waals surface area contributed by atoms with E-state index in [4.69, 9.17) is 0 Å². The van der Waals surface area contributed by atoms with Gasteiger partial charge >= 0.3 is 0 Å². The van der Waals surface area contributed by atoms with E-state index in [1.165, 1.54) is 16.7 Å². The van der Waals surface area contributed by atoms with Gasteiger partial charge in [-0.25, -0.2) is 4.98 Å². The van der Waals surface area contributed by atoms with Gasteiger partial charge in [0.25, 0.3) is 5.91 Å². The molecule has 2 heterocycles. The number of piperidine rings is 1. The van der Waals surface area contributed by atoms with Crippen molar-refractivity contribution in [2.75, 3.05) is 13.1 Å². The molecule has 4 rings (SSSR count). The minimum atomic E-state index is 0.168. The van der Waals surface area contributed by atoms with Crippen LogP contribution >= 0.6 is 23.1 Å². The Morgan fingerprint density at radius 2 is 2.04 bits per heavy atom. The maximum atomic E-state index is 12.6. The smallest absolute Gasteiger partial charge is 0.253 e. The van der Waals surface area contributed by atoms with Crippen LogP contribution < -0.4 is 0 Å². The van der Waals surface area contributed by atoms with Crippen LogP contribution in [-0.2, 0) is 5.75 Å². The van der Waals surface area contributed by atoms with Crippen molar-refractivity contribution < 1.29 is 4.79 Å². The van der Waals surface area contributed by atoms with Gasteiger partial charge in [0.2, 0.25) is 0 Å². The number of carbonyl (C=O) groups excluding carboxylic acids is 1. The molecular weight excluding hydrogens is 360 g/mol. The minimum Gasteiger partial charge on any atom is -0.338 e. The number of aromatic nitrogens is 1. The Kier molecular flexibility index (Phi) is 5.27. The van der Waals surface area contributed by atoms with Crippen LogP contribution in [0.4, 0.5) is 0 Å². The Balaban J connectivity index is 1.38. The molecule has 1 aliphatic rings. The Labute approximate surface area is 162 Å². The number of nitrogens with zero attached hydrogens (tertiary/aromatic N) is 2. The highest BCUT2D eigenvalue weighted by Crippen LogP contribution is 2.31. The SMILES string of the molecule is C[C@@H]1CCCN(C(=O)c2ccc(CSc3nc4ccccc4s3)cc2)C1. The number of carbonyl (C=O) groups is 1. The topological polar surface area (TPSA) is 33.2 Å². The first-order valence-electron chi connectivity index (χ1n) is 9.05. The quantitative estimate of drug-likeness (QED) is 0.562. The second-order valence-corrected chi connectivity index (χ2v) is 9.18. The van der Waals surface area contributed by atoms with Gasteiger partial charge in [-0.15, -0.1) is 11.3 Å². The van der Waals surface area contributed by atoms with Crippen molar-refractivity contribution in [2.45, 2.75) is 29.9 Å². The summed E-state index contributed by atoms with van der Waals surface area (Å²) in [5, 5.41) is 0. The van der Waals surface area contributed by atoms with Crippen LogP contribution in [0.2, 0.25) is 0 Å². The van der Waals surface area contributed by atoms with Crippen molar-refractivity contribution in [1.82, 2.24) is 9.88 Å². The molecule has 1 fully saturated rings. The molecule has 2 aromatic carbocycles. The molecule has 1 atom stereocenters. The van der Waals surface area contributed by atoms with Crippen LogP contribution in [0.15, 0.2) is 52.9 Å². The van der Waals surface area contributed by atoms with E-state index in [1.54, 1.807) is 23.1 Å². The van der Waals surface area contributed by atoms with E-state index in [0.717, 1.165) is 40.7 Å². The van der Waals surface area contributed by atoms with Crippen molar-refractivity contribution in [1.29, 1.82) is 0 Å². The Hall–Kier alpha value is -1.85. The standard InChI is InChI=1S/C21H22N2OS2/c1-15-5-4-12-23(13-15)20(24)17-10-8-16(9-11-17)14-25-21-22-18-6-2-3-7-19(18)26-21/h2-3,6-11,15H,4-5,12-14H2,1H3/t15-/m1/s1. The summed E-state index contributed by atoms with van der Waals surface area (Å²) in [6, 6.07) is 16.3. The lowest BCUT2D eigenvalue weighted by Crippen LogP contribution is -2.39. The van der Waals surface area contributed by atoms with Crippen molar-refractivity contribution in [3.63, 3.8) is 0 Å². The molecule has 0 bridgehead atoms. The van der Waals surface area contributed by atoms with Crippen LogP contribution in [0.25, 0.3) is 10.2 Å². The summed E-state index contributed by atoms with van der Waals surface area (Å²) < 4.78 is 2.32. The summed E-state index contributed by atoms with van der Waals surface area (Å²) in [6.07, 6.45) is 2.34. The fourth-order valence-electron chi connectivity index (χ4n) is 3.36. The molecule has 1 saturated heterocycles. The number of thioether (sulfide) groups is 1. The van der Waals surface area contributed by atoms with Gasteiger partial charge in [-0.3, -0.25) is 4.79 Å². The van der Waals surface area contributed by atoms with Crippen molar-refractivity contribution in [2.24, 2.45) is 5.92 Å². The first-order valence-corrected chi connectivity index (χ1v) is 10.9. The third kappa shape index (κ3) is 3.94. The molecule has 1 amide bonds. The lowest BCUT2D eigenvalue weighted by Gasteiger charge is -2.31. The maximum absolute atomic E-state index is 12.6. The lowest BCUT2D eigenvalue weighted by atomic mass is 9.99. The van der Waals surface area contributed by atoms with E-state index >= 15 is 0 Å². The first-order chi connectivity index (χ1) is 12.7. The number of hydrogen-bond donors (Lipinski definition) is 0. The maximum Gasteiger partial charge on any atom is 0.253 e. The number of benzene rings is 2. The van der Waals surface area contributed by atoms with Crippen LogP contribution in [-0.4, -0.2) is 28.9 Å². The van der Waals surface area contributed by atoms with Crippen LogP contribution in [0, 0.1) is 5.92 Å². The normalized spacial score (nSPS) is 17.6. The van der Waals surface area contributed by atoms with E-state index in [9.17, 15) is 4.79 Å². The number of likely N-dealkylation sites (tertiary alicyclic amines) is 1. The highest BCUT2D eigenvalue weighted by molar-refractivity contribution is 8.00. The Bertz CT molecular complexity index is 871. The number of thiazole rings is 1. The minimum absolute atomic E-state index is 0.168. The third-order valence-electron chi connectivity index (χ3n) is 4.78. The van der Waals surface area contributed by atoms with Crippen LogP contribution in [0.1, 0.15) is 35.7 Å². The number of amides is 1. The molecular formula is C21H22N2OS2. The molecule has 3 aromatic rings. The third-order valence-corrected chi connectivity index (χ3v) is 7.03. The molecule has 1 aromatic heterocycles. The zero-order chi connectivity index (χ0) is 17.9. The predicted octanol–water partition coefficient (Wildman–Crippen LogP) is 5.46. The monoisotopic (exact) mass is 382 g/mol. The average molecular weight is 383 g/mol. The molecule has 1 aliphatic heterocycles. The molecule has 0 saturated carbocycles. The van der Waals surface area contributed by atoms with E-state index in [-0.39, 0.29) is 5.91 Å². The van der Waals surface area contributed by atoms with Gasteiger partial charge in [0.1, 0.15) is 0 Å². The zero-order valence-corrected chi connectivity index (χ0v) is 16.5. The molecule has 0 spiro atoms. The van der Waals surface area contributed by atoms with Gasteiger partial charge in [-0.2, -0.15) is 0 Å². The van der Waals surface area contributed by atoms with Gasteiger partial charge < -0.3 is 4.90 Å². The van der Waals surface area contributed by atoms with E-state index in [2.05, 4.69) is 36.2 Å². The molecule has 3 nitrogen and oxygen atoms in total. The van der Waals surface area contributed by atoms with E-state index in [1.807, 2.05) is 29.2 Å². The van der Waals surface area contributed by atoms with Gasteiger partial charge in [-0.1, -0.05) is 43.0 Å². The summed E-state index contributed by atoms with van der Waals surface area (Å²) in [7, 11) is 0. The number of hydrogen-bond acceptors (Lipinski definition) is 4. The molecule has 26 heavy (non-hydrogen) atoms. The first kappa shape index (κ1) is 17.6. The summed E-state index contributed by atoms with van der Waals surface area (Å²) in [6.45, 7) is 3.99. The lowest BCUT2D eigenvalue weighted by molar-refractivity contribution is 0.0683. The van der Waals surface area contributed by atoms with Crippen LogP contribution in [0.3, 0.4) is 0 Å². The van der Waals surface area contributed by atoms with Gasteiger partial charge in [-0.05, 0) is 48.6 Å². The van der Waals surface area contributed by atoms with Crippen molar-refractivity contribution in [3.05, 3.63) is 59.7 Å². The van der Waals surface area contributed by atoms with E-state index in [0.29, 0.717) is 5.92 Å². The average Bonchev–Trinajstić information content (AvgIpc) is 3.09.